The van der Waals surface area contributed by atoms with Crippen molar-refractivity contribution in [2.24, 2.45) is 5.73 Å². The van der Waals surface area contributed by atoms with E-state index in [-0.39, 0.29) is 5.88 Å². The third-order valence-electron chi connectivity index (χ3n) is 1.32. The van der Waals surface area contributed by atoms with Gasteiger partial charge in [0.1, 0.15) is 6.26 Å². The Balaban J connectivity index is 2.85. The van der Waals surface area contributed by atoms with Gasteiger partial charge in [-0.25, -0.2) is 4.57 Å². The first-order valence-corrected chi connectivity index (χ1v) is 6.79. The SMILES string of the molecule is NC(P(=O)(O)O)P(=O)(O)Oc1ccon1. The van der Waals surface area contributed by atoms with Gasteiger partial charge in [0.05, 0.1) is 0 Å². The second kappa shape index (κ2) is 4.05. The Kier molecular flexibility index (Phi) is 3.34. The van der Waals surface area contributed by atoms with Crippen molar-refractivity contribution in [2.75, 3.05) is 0 Å². The highest BCUT2D eigenvalue weighted by molar-refractivity contribution is 7.71. The Morgan fingerprint density at radius 2 is 2.07 bits per heavy atom. The Labute approximate surface area is 83.5 Å². The molecule has 15 heavy (non-hydrogen) atoms. The molecular weight excluding hydrogens is 250 g/mol. The van der Waals surface area contributed by atoms with Crippen molar-refractivity contribution in [1.29, 1.82) is 0 Å². The summed E-state index contributed by atoms with van der Waals surface area (Å²) in [5.74, 6) is -0.385. The van der Waals surface area contributed by atoms with Crippen LogP contribution in [0.1, 0.15) is 0 Å². The van der Waals surface area contributed by atoms with E-state index in [2.05, 4.69) is 14.2 Å². The lowest BCUT2D eigenvalue weighted by atomic mass is 10.7. The number of aromatic nitrogens is 1. The normalized spacial score (nSPS) is 18.1. The van der Waals surface area contributed by atoms with Gasteiger partial charge in [0.15, 0.2) is 0 Å². The molecule has 1 rings (SSSR count). The second-order valence-electron chi connectivity index (χ2n) is 2.50. The quantitative estimate of drug-likeness (QED) is 0.530. The monoisotopic (exact) mass is 258 g/mol. The summed E-state index contributed by atoms with van der Waals surface area (Å²) in [5.41, 5.74) is 2.57. The summed E-state index contributed by atoms with van der Waals surface area (Å²) >= 11 is 0. The predicted molar refractivity (Wildman–Crippen MR) is 47.0 cm³/mol. The number of nitrogens with two attached hydrogens (primary N) is 1. The van der Waals surface area contributed by atoms with Gasteiger partial charge in [-0.1, -0.05) is 0 Å². The number of nitrogens with zero attached hydrogens (tertiary/aromatic N) is 1. The number of hydrogen-bond acceptors (Lipinski definition) is 6. The van der Waals surface area contributed by atoms with E-state index in [9.17, 15) is 9.13 Å². The number of rotatable bonds is 4. The van der Waals surface area contributed by atoms with Crippen LogP contribution in [0, 0.1) is 0 Å². The third-order valence-corrected chi connectivity index (χ3v) is 4.90. The molecule has 0 spiro atoms. The van der Waals surface area contributed by atoms with Gasteiger partial charge in [-0.2, -0.15) is 0 Å². The topological polar surface area (TPSA) is 156 Å². The summed E-state index contributed by atoms with van der Waals surface area (Å²) < 4.78 is 30.5. The van der Waals surface area contributed by atoms with Crippen molar-refractivity contribution in [3.63, 3.8) is 0 Å². The second-order valence-corrected chi connectivity index (χ2v) is 6.50. The van der Waals surface area contributed by atoms with Gasteiger partial charge in [0.25, 0.3) is 5.88 Å². The van der Waals surface area contributed by atoms with E-state index in [1.165, 1.54) is 0 Å². The van der Waals surface area contributed by atoms with Crippen LogP contribution in [-0.4, -0.2) is 25.4 Å². The first-order valence-electron chi connectivity index (χ1n) is 3.47. The molecule has 2 unspecified atom stereocenters. The Morgan fingerprint density at radius 1 is 1.47 bits per heavy atom. The third kappa shape index (κ3) is 3.13. The molecule has 0 aliphatic rings. The Bertz CT molecular complexity index is 411. The lowest BCUT2D eigenvalue weighted by Crippen LogP contribution is -2.22. The molecule has 0 radical (unpaired) electrons. The minimum absolute atomic E-state index is 0.385. The Hall–Kier alpha value is -0.690. The molecule has 0 amide bonds. The van der Waals surface area contributed by atoms with Gasteiger partial charge >= 0.3 is 15.2 Å². The summed E-state index contributed by atoms with van der Waals surface area (Å²) in [4.78, 5) is 26.3. The van der Waals surface area contributed by atoms with Crippen molar-refractivity contribution in [1.82, 2.24) is 5.16 Å². The summed E-state index contributed by atoms with van der Waals surface area (Å²) in [6, 6.07) is 1.09. The lowest BCUT2D eigenvalue weighted by molar-refractivity contribution is 0.328. The van der Waals surface area contributed by atoms with Crippen LogP contribution < -0.4 is 10.3 Å². The minimum atomic E-state index is -4.92. The van der Waals surface area contributed by atoms with Crippen LogP contribution in [0.3, 0.4) is 0 Å². The largest absolute Gasteiger partial charge is 0.407 e. The Morgan fingerprint density at radius 3 is 2.47 bits per heavy atom. The molecule has 0 aliphatic carbocycles. The van der Waals surface area contributed by atoms with Gasteiger partial charge < -0.3 is 29.5 Å². The van der Waals surface area contributed by atoms with Gasteiger partial charge in [-0.15, -0.1) is 0 Å². The molecule has 0 aliphatic heterocycles. The minimum Gasteiger partial charge on any atom is -0.401 e. The van der Waals surface area contributed by atoms with Crippen molar-refractivity contribution in [3.8, 4) is 5.88 Å². The maximum Gasteiger partial charge on any atom is 0.407 e. The fraction of sp³-hybridized carbons (Fsp3) is 0.250. The summed E-state index contributed by atoms with van der Waals surface area (Å²) in [6.07, 6.45) is 1.05. The van der Waals surface area contributed by atoms with E-state index in [1.54, 1.807) is 0 Å². The molecule has 5 N–H and O–H groups in total. The van der Waals surface area contributed by atoms with E-state index >= 15 is 0 Å². The average molecular weight is 258 g/mol. The van der Waals surface area contributed by atoms with Gasteiger partial charge in [0.2, 0.25) is 5.52 Å². The molecular formula is C4H8N2O7P2. The van der Waals surface area contributed by atoms with E-state index in [4.69, 9.17) is 20.4 Å². The lowest BCUT2D eigenvalue weighted by Gasteiger charge is -2.18. The fourth-order valence-electron chi connectivity index (χ4n) is 0.627. The molecule has 9 nitrogen and oxygen atoms in total. The smallest absolute Gasteiger partial charge is 0.401 e. The highest BCUT2D eigenvalue weighted by atomic mass is 31.2. The zero-order valence-electron chi connectivity index (χ0n) is 7.13. The summed E-state index contributed by atoms with van der Waals surface area (Å²) in [7, 11) is -9.62. The molecule has 0 saturated heterocycles. The van der Waals surface area contributed by atoms with E-state index in [1.807, 2.05) is 0 Å². The van der Waals surface area contributed by atoms with Crippen LogP contribution in [0.25, 0.3) is 0 Å². The zero-order valence-corrected chi connectivity index (χ0v) is 8.91. The molecule has 1 heterocycles. The first-order chi connectivity index (χ1) is 6.73. The molecule has 0 fully saturated rings. The van der Waals surface area contributed by atoms with E-state index in [0.29, 0.717) is 0 Å². The predicted octanol–water partition coefficient (Wildman–Crippen LogP) is -0.341. The highest BCUT2D eigenvalue weighted by Crippen LogP contribution is 2.59. The molecule has 1 aromatic rings. The highest BCUT2D eigenvalue weighted by Gasteiger charge is 2.44. The van der Waals surface area contributed by atoms with Crippen LogP contribution in [0.5, 0.6) is 5.88 Å². The van der Waals surface area contributed by atoms with Gasteiger partial charge in [-0.3, -0.25) is 4.57 Å². The molecule has 86 valence electrons. The first kappa shape index (κ1) is 12.4. The number of hydrogen-bond donors (Lipinski definition) is 4. The van der Waals surface area contributed by atoms with Gasteiger partial charge in [0, 0.05) is 6.07 Å². The maximum absolute atomic E-state index is 11.3. The standard InChI is InChI=1S/C4H8N2O7P2/c5-4(14(7,8)9)15(10,11)13-3-1-2-12-6-3/h1-2,4H,5H2,(H,10,11)(H2,7,8,9). The van der Waals surface area contributed by atoms with Crippen molar-refractivity contribution < 1.29 is 32.9 Å². The van der Waals surface area contributed by atoms with Crippen LogP contribution in [0.15, 0.2) is 16.9 Å². The van der Waals surface area contributed by atoms with Crippen molar-refractivity contribution in [3.05, 3.63) is 12.3 Å². The summed E-state index contributed by atoms with van der Waals surface area (Å²) in [5, 5.41) is 3.13. The van der Waals surface area contributed by atoms with Crippen molar-refractivity contribution >= 4 is 15.2 Å². The molecule has 0 bridgehead atoms. The van der Waals surface area contributed by atoms with Gasteiger partial charge in [-0.05, 0) is 5.16 Å². The van der Waals surface area contributed by atoms with Crippen LogP contribution >= 0.6 is 15.2 Å². The average Bonchev–Trinajstić information content (AvgIpc) is 2.53. The molecule has 2 atom stereocenters. The van der Waals surface area contributed by atoms with E-state index in [0.717, 1.165) is 12.3 Å². The van der Waals surface area contributed by atoms with Crippen LogP contribution in [-0.2, 0) is 9.13 Å². The molecule has 11 heteroatoms. The molecule has 1 aromatic heterocycles. The van der Waals surface area contributed by atoms with Crippen molar-refractivity contribution in [2.45, 2.75) is 5.52 Å². The van der Waals surface area contributed by atoms with Crippen LogP contribution in [0.2, 0.25) is 0 Å². The fourth-order valence-corrected chi connectivity index (χ4v) is 2.76. The summed E-state index contributed by atoms with van der Waals surface area (Å²) in [6.45, 7) is 0. The van der Waals surface area contributed by atoms with Crippen LogP contribution in [0.4, 0.5) is 0 Å². The molecule has 0 saturated carbocycles. The van der Waals surface area contributed by atoms with E-state index < -0.39 is 20.7 Å². The maximum atomic E-state index is 11.3. The zero-order chi connectivity index (χ0) is 11.7. The molecule has 0 aromatic carbocycles.